The molecule has 0 radical (unpaired) electrons. The van der Waals surface area contributed by atoms with Gasteiger partial charge in [0.05, 0.1) is 0 Å². The van der Waals surface area contributed by atoms with Gasteiger partial charge in [0.15, 0.2) is 0 Å². The van der Waals surface area contributed by atoms with Gasteiger partial charge in [0.25, 0.3) is 0 Å². The van der Waals surface area contributed by atoms with Gasteiger partial charge in [0, 0.05) is 28.2 Å². The Bertz CT molecular complexity index is 1140. The Kier molecular flexibility index (Phi) is 6.95. The smallest absolute Gasteiger partial charge is 0.139 e. The number of aromatic nitrogens is 1. The fourth-order valence-corrected chi connectivity index (χ4v) is 5.39. The lowest BCUT2D eigenvalue weighted by Crippen LogP contribution is -3.28. The average molecular weight is 458 g/mol. The number of aliphatic hydroxyl groups excluding tert-OH is 1. The molecule has 0 amide bonds. The Balaban J connectivity index is 1.18. The van der Waals surface area contributed by atoms with Gasteiger partial charge in [-0.2, -0.15) is 0 Å². The Morgan fingerprint density at radius 3 is 2.15 bits per heavy atom. The standard InChI is InChI=1S/C29H33N3O2/c1-22-19-30-26-13-8-14-27(28(22)26)34-21-25(33)20-31-15-17-32(18-16-31)29(23-9-4-2-5-10-23)24-11-6-3-7-12-24/h2-14,19,25,29-30,33H,15-18,20-21H2,1H3/p+2/t25-/m1/s1. The number of aromatic amines is 1. The first-order valence-electron chi connectivity index (χ1n) is 12.3. The Hall–Kier alpha value is -3.12. The van der Waals surface area contributed by atoms with Crippen LogP contribution in [0.4, 0.5) is 0 Å². The first-order chi connectivity index (χ1) is 16.7. The summed E-state index contributed by atoms with van der Waals surface area (Å²) in [7, 11) is 0. The third-order valence-electron chi connectivity index (χ3n) is 7.09. The number of nitrogens with one attached hydrogen (secondary N) is 3. The van der Waals surface area contributed by atoms with E-state index in [4.69, 9.17) is 4.74 Å². The van der Waals surface area contributed by atoms with Gasteiger partial charge >= 0.3 is 0 Å². The maximum atomic E-state index is 10.7. The van der Waals surface area contributed by atoms with Crippen molar-refractivity contribution in [3.8, 4) is 5.75 Å². The van der Waals surface area contributed by atoms with E-state index in [1.54, 1.807) is 4.90 Å². The molecule has 1 saturated heterocycles. The minimum Gasteiger partial charge on any atom is -0.490 e. The Labute approximate surface area is 201 Å². The van der Waals surface area contributed by atoms with Crippen molar-refractivity contribution in [2.75, 3.05) is 39.3 Å². The van der Waals surface area contributed by atoms with Crippen LogP contribution >= 0.6 is 0 Å². The second kappa shape index (κ2) is 10.4. The third kappa shape index (κ3) is 5.02. The fourth-order valence-electron chi connectivity index (χ4n) is 5.39. The molecular weight excluding hydrogens is 422 g/mol. The van der Waals surface area contributed by atoms with Gasteiger partial charge < -0.3 is 24.6 Å². The molecule has 1 aliphatic rings. The highest BCUT2D eigenvalue weighted by atomic mass is 16.5. The number of quaternary nitrogens is 2. The zero-order chi connectivity index (χ0) is 23.3. The van der Waals surface area contributed by atoms with Crippen molar-refractivity contribution in [1.82, 2.24) is 4.98 Å². The Morgan fingerprint density at radius 2 is 1.50 bits per heavy atom. The number of aryl methyl sites for hydroxylation is 1. The van der Waals surface area contributed by atoms with Crippen LogP contribution in [-0.2, 0) is 0 Å². The second-order valence-corrected chi connectivity index (χ2v) is 9.48. The lowest BCUT2D eigenvalue weighted by Gasteiger charge is -2.35. The zero-order valence-electron chi connectivity index (χ0n) is 19.8. The van der Waals surface area contributed by atoms with Crippen LogP contribution in [0.5, 0.6) is 5.75 Å². The third-order valence-corrected chi connectivity index (χ3v) is 7.09. The van der Waals surface area contributed by atoms with Gasteiger partial charge in [-0.3, -0.25) is 0 Å². The summed E-state index contributed by atoms with van der Waals surface area (Å²) < 4.78 is 6.05. The van der Waals surface area contributed by atoms with Crippen LogP contribution in [0.15, 0.2) is 85.1 Å². The van der Waals surface area contributed by atoms with Gasteiger partial charge in [-0.05, 0) is 24.6 Å². The topological polar surface area (TPSA) is 54.1 Å². The van der Waals surface area contributed by atoms with Crippen molar-refractivity contribution in [3.63, 3.8) is 0 Å². The van der Waals surface area contributed by atoms with Crippen molar-refractivity contribution in [2.24, 2.45) is 0 Å². The van der Waals surface area contributed by atoms with Crippen LogP contribution in [0.25, 0.3) is 10.9 Å². The summed E-state index contributed by atoms with van der Waals surface area (Å²) in [5.41, 5.74) is 4.97. The second-order valence-electron chi connectivity index (χ2n) is 9.48. The summed E-state index contributed by atoms with van der Waals surface area (Å²) in [4.78, 5) is 6.32. The molecule has 5 heteroatoms. The number of piperazine rings is 1. The molecule has 0 aliphatic carbocycles. The molecule has 34 heavy (non-hydrogen) atoms. The normalized spacial score (nSPS) is 19.4. The van der Waals surface area contributed by atoms with E-state index in [0.29, 0.717) is 12.6 Å². The largest absolute Gasteiger partial charge is 0.490 e. The molecule has 1 aliphatic heterocycles. The number of benzene rings is 3. The van der Waals surface area contributed by atoms with E-state index >= 15 is 0 Å². The van der Waals surface area contributed by atoms with E-state index in [-0.39, 0.29) is 0 Å². The minimum absolute atomic E-state index is 0.320. The van der Waals surface area contributed by atoms with E-state index in [2.05, 4.69) is 78.6 Å². The highest BCUT2D eigenvalue weighted by Gasteiger charge is 2.32. The number of fused-ring (bicyclic) bond motifs is 1. The van der Waals surface area contributed by atoms with Crippen LogP contribution in [0.3, 0.4) is 0 Å². The number of H-pyrrole nitrogens is 1. The summed E-state index contributed by atoms with van der Waals surface area (Å²) in [6.45, 7) is 7.38. The average Bonchev–Trinajstić information content (AvgIpc) is 3.27. The van der Waals surface area contributed by atoms with Crippen molar-refractivity contribution in [1.29, 1.82) is 0 Å². The SMILES string of the molecule is Cc1c[nH]c2cccc(OC[C@H](O)C[NH+]3CC[NH+](C(c4ccccc4)c4ccccc4)CC3)c12. The van der Waals surface area contributed by atoms with Gasteiger partial charge in [-0.1, -0.05) is 66.7 Å². The van der Waals surface area contributed by atoms with E-state index in [9.17, 15) is 5.11 Å². The zero-order valence-corrected chi connectivity index (χ0v) is 19.8. The van der Waals surface area contributed by atoms with E-state index in [1.807, 2.05) is 18.3 Å². The highest BCUT2D eigenvalue weighted by Crippen LogP contribution is 2.28. The van der Waals surface area contributed by atoms with Crippen LogP contribution < -0.4 is 14.5 Å². The molecule has 3 aromatic carbocycles. The summed E-state index contributed by atoms with van der Waals surface area (Å²) in [5, 5.41) is 11.8. The van der Waals surface area contributed by atoms with Crippen molar-refractivity contribution in [3.05, 3.63) is 102 Å². The molecule has 1 aromatic heterocycles. The molecule has 1 fully saturated rings. The summed E-state index contributed by atoms with van der Waals surface area (Å²) in [5.74, 6) is 0.841. The molecule has 0 bridgehead atoms. The van der Waals surface area contributed by atoms with Gasteiger partial charge in [-0.15, -0.1) is 0 Å². The first kappa shape index (κ1) is 22.7. The molecule has 4 aromatic rings. The summed E-state index contributed by atoms with van der Waals surface area (Å²) >= 11 is 0. The molecular formula is C29H35N3O2+2. The minimum atomic E-state index is -0.481. The van der Waals surface area contributed by atoms with Crippen LogP contribution in [0.2, 0.25) is 0 Å². The number of ether oxygens (including phenoxy) is 1. The molecule has 176 valence electrons. The monoisotopic (exact) mass is 457 g/mol. The van der Waals surface area contributed by atoms with Crippen LogP contribution in [0, 0.1) is 6.92 Å². The van der Waals surface area contributed by atoms with Crippen molar-refractivity contribution in [2.45, 2.75) is 19.1 Å². The van der Waals surface area contributed by atoms with Gasteiger partial charge in [0.1, 0.15) is 57.2 Å². The fraction of sp³-hybridized carbons (Fsp3) is 0.310. The van der Waals surface area contributed by atoms with Crippen molar-refractivity contribution >= 4 is 10.9 Å². The van der Waals surface area contributed by atoms with E-state index < -0.39 is 6.10 Å². The lowest BCUT2D eigenvalue weighted by molar-refractivity contribution is -1.02. The lowest BCUT2D eigenvalue weighted by atomic mass is 9.96. The van der Waals surface area contributed by atoms with Crippen LogP contribution in [-0.4, -0.2) is 55.5 Å². The quantitative estimate of drug-likeness (QED) is 0.326. The number of rotatable bonds is 8. The van der Waals surface area contributed by atoms with Gasteiger partial charge in [0.2, 0.25) is 0 Å². The summed E-state index contributed by atoms with van der Waals surface area (Å²) in [6, 6.07) is 28.1. The molecule has 0 spiro atoms. The molecule has 0 unspecified atom stereocenters. The number of aliphatic hydroxyl groups is 1. The van der Waals surface area contributed by atoms with E-state index in [0.717, 1.165) is 54.9 Å². The van der Waals surface area contributed by atoms with Crippen molar-refractivity contribution < 1.29 is 19.6 Å². The predicted molar refractivity (Wildman–Crippen MR) is 136 cm³/mol. The number of hydrogen-bond donors (Lipinski definition) is 4. The molecule has 5 rings (SSSR count). The molecule has 1 atom stereocenters. The maximum absolute atomic E-state index is 10.7. The van der Waals surface area contributed by atoms with E-state index in [1.165, 1.54) is 16.0 Å². The molecule has 0 saturated carbocycles. The number of hydrogen-bond acceptors (Lipinski definition) is 2. The highest BCUT2D eigenvalue weighted by molar-refractivity contribution is 5.89. The summed E-state index contributed by atoms with van der Waals surface area (Å²) in [6.07, 6.45) is 1.52. The molecule has 4 N–H and O–H groups in total. The van der Waals surface area contributed by atoms with Crippen LogP contribution in [0.1, 0.15) is 22.7 Å². The first-order valence-corrected chi connectivity index (χ1v) is 12.3. The molecule has 5 nitrogen and oxygen atoms in total. The maximum Gasteiger partial charge on any atom is 0.139 e. The Morgan fingerprint density at radius 1 is 0.853 bits per heavy atom. The molecule has 2 heterocycles. The van der Waals surface area contributed by atoms with Gasteiger partial charge in [-0.25, -0.2) is 0 Å². The predicted octanol–water partition coefficient (Wildman–Crippen LogP) is 1.79.